The van der Waals surface area contributed by atoms with Crippen LogP contribution in [-0.2, 0) is 43.7 Å². The standard InChI is InChI=1S/C48H90ClO8P/c1-3-5-7-9-11-13-15-17-19-21-23-25-27-32-37-53-45-48(46-54-38-33-28-26-24-22-20-18-16-14-12-10-8-6-4-2)57-58(50,56-44-47-34-30-29-31-35-47)55-43-42-52-41-40-51-39-36-49/h29-31,34-35,48H,3-28,32-33,36-46H2,1-2H3. The highest BCUT2D eigenvalue weighted by molar-refractivity contribution is 7.48. The molecule has 1 atom stereocenters. The fourth-order valence-corrected chi connectivity index (χ4v) is 8.33. The highest BCUT2D eigenvalue weighted by atomic mass is 35.5. The quantitative estimate of drug-likeness (QED) is 0.0364. The highest BCUT2D eigenvalue weighted by Gasteiger charge is 2.31. The van der Waals surface area contributed by atoms with Gasteiger partial charge in [0.15, 0.2) is 0 Å². The first-order valence-electron chi connectivity index (χ1n) is 24.1. The molecule has 0 aromatic heterocycles. The van der Waals surface area contributed by atoms with Gasteiger partial charge < -0.3 is 18.9 Å². The van der Waals surface area contributed by atoms with Crippen molar-refractivity contribution in [3.8, 4) is 0 Å². The van der Waals surface area contributed by atoms with E-state index in [1.54, 1.807) is 0 Å². The van der Waals surface area contributed by atoms with Crippen LogP contribution in [0.3, 0.4) is 0 Å². The van der Waals surface area contributed by atoms with E-state index in [2.05, 4.69) is 13.8 Å². The monoisotopic (exact) mass is 861 g/mol. The van der Waals surface area contributed by atoms with E-state index in [1.165, 1.54) is 154 Å². The summed E-state index contributed by atoms with van der Waals surface area (Å²) in [5.74, 6) is 0.440. The van der Waals surface area contributed by atoms with Gasteiger partial charge in [-0.2, -0.15) is 0 Å². The van der Waals surface area contributed by atoms with E-state index < -0.39 is 13.9 Å². The lowest BCUT2D eigenvalue weighted by Gasteiger charge is -2.24. The van der Waals surface area contributed by atoms with Crippen molar-refractivity contribution in [1.82, 2.24) is 0 Å². The Morgan fingerprint density at radius 2 is 0.828 bits per heavy atom. The van der Waals surface area contributed by atoms with E-state index in [0.717, 1.165) is 31.2 Å². The molecule has 1 rings (SSSR count). The normalized spacial score (nSPS) is 12.8. The molecule has 0 amide bonds. The van der Waals surface area contributed by atoms with Crippen LogP contribution in [0.25, 0.3) is 0 Å². The molecule has 0 radical (unpaired) electrons. The summed E-state index contributed by atoms with van der Waals surface area (Å²) >= 11 is 5.67. The Balaban J connectivity index is 2.48. The van der Waals surface area contributed by atoms with Crippen LogP contribution in [-0.4, -0.2) is 71.4 Å². The number of halogens is 1. The highest BCUT2D eigenvalue weighted by Crippen LogP contribution is 2.51. The van der Waals surface area contributed by atoms with Gasteiger partial charge in [-0.25, -0.2) is 4.57 Å². The lowest BCUT2D eigenvalue weighted by atomic mass is 10.0. The Hall–Kier alpha value is -0.540. The van der Waals surface area contributed by atoms with E-state index in [4.69, 9.17) is 44.1 Å². The zero-order valence-electron chi connectivity index (χ0n) is 37.6. The van der Waals surface area contributed by atoms with Crippen LogP contribution in [0.4, 0.5) is 0 Å². The maximum Gasteiger partial charge on any atom is 0.475 e. The predicted octanol–water partition coefficient (Wildman–Crippen LogP) is 15.0. The molecule has 0 heterocycles. The van der Waals surface area contributed by atoms with E-state index in [9.17, 15) is 4.57 Å². The molecule has 0 fully saturated rings. The Morgan fingerprint density at radius 1 is 0.448 bits per heavy atom. The Kier molecular flexibility index (Phi) is 42.6. The summed E-state index contributed by atoms with van der Waals surface area (Å²) in [6, 6.07) is 9.62. The van der Waals surface area contributed by atoms with Gasteiger partial charge >= 0.3 is 7.82 Å². The molecule has 0 aliphatic heterocycles. The first-order valence-corrected chi connectivity index (χ1v) is 26.1. The second kappa shape index (κ2) is 44.5. The Bertz CT molecular complexity index is 954. The molecular weight excluding hydrogens is 771 g/mol. The van der Waals surface area contributed by atoms with Gasteiger partial charge in [-0.1, -0.05) is 211 Å². The van der Waals surface area contributed by atoms with Gasteiger partial charge in [0.25, 0.3) is 0 Å². The molecule has 0 spiro atoms. The summed E-state index contributed by atoms with van der Waals surface area (Å²) in [6.07, 6.45) is 36.3. The van der Waals surface area contributed by atoms with Crippen LogP contribution >= 0.6 is 19.4 Å². The number of ether oxygens (including phenoxy) is 4. The number of hydrogen-bond donors (Lipinski definition) is 0. The molecular formula is C48H90ClO8P. The van der Waals surface area contributed by atoms with Crippen LogP contribution in [0.1, 0.15) is 199 Å². The fourth-order valence-electron chi connectivity index (χ4n) is 6.93. The van der Waals surface area contributed by atoms with Gasteiger partial charge in [0, 0.05) is 19.1 Å². The van der Waals surface area contributed by atoms with Crippen LogP contribution < -0.4 is 0 Å². The van der Waals surface area contributed by atoms with Crippen LogP contribution in [0, 0.1) is 0 Å². The largest absolute Gasteiger partial charge is 0.475 e. The summed E-state index contributed by atoms with van der Waals surface area (Å²) in [5.41, 5.74) is 0.877. The molecule has 0 N–H and O–H groups in total. The first-order chi connectivity index (χ1) is 28.6. The smallest absolute Gasteiger partial charge is 0.379 e. The maximum atomic E-state index is 14.0. The van der Waals surface area contributed by atoms with Crippen LogP contribution in [0.2, 0.25) is 0 Å². The molecule has 1 aromatic carbocycles. The summed E-state index contributed by atoms with van der Waals surface area (Å²) in [7, 11) is -3.98. The molecule has 1 aromatic rings. The number of phosphoric acid groups is 1. The SMILES string of the molecule is CCCCCCCCCCCCCCCCOCC(COCCCCCCCCCCCCCCCC)OP(=O)(OCCOCCOCCCl)OCc1ccccc1. The molecule has 0 aliphatic rings. The number of benzene rings is 1. The van der Waals surface area contributed by atoms with Gasteiger partial charge in [0.1, 0.15) is 6.10 Å². The topological polar surface area (TPSA) is 81.7 Å². The average molecular weight is 862 g/mol. The zero-order valence-corrected chi connectivity index (χ0v) is 39.3. The minimum atomic E-state index is -3.98. The maximum absolute atomic E-state index is 14.0. The number of phosphoric ester groups is 1. The molecule has 0 aliphatic carbocycles. The lowest BCUT2D eigenvalue weighted by Crippen LogP contribution is -2.26. The average Bonchev–Trinajstić information content (AvgIpc) is 3.24. The van der Waals surface area contributed by atoms with E-state index >= 15 is 0 Å². The first kappa shape index (κ1) is 55.5. The second-order valence-electron chi connectivity index (χ2n) is 16.0. The van der Waals surface area contributed by atoms with E-state index in [0.29, 0.717) is 38.9 Å². The van der Waals surface area contributed by atoms with Crippen molar-refractivity contribution in [2.45, 2.75) is 206 Å². The molecule has 0 bridgehead atoms. The van der Waals surface area contributed by atoms with Crippen molar-refractivity contribution in [1.29, 1.82) is 0 Å². The molecule has 8 nitrogen and oxygen atoms in total. The van der Waals surface area contributed by atoms with Gasteiger partial charge in [-0.05, 0) is 18.4 Å². The minimum absolute atomic E-state index is 0.0497. The zero-order chi connectivity index (χ0) is 41.7. The van der Waals surface area contributed by atoms with E-state index in [1.807, 2.05) is 30.3 Å². The van der Waals surface area contributed by atoms with Crippen LogP contribution in [0.15, 0.2) is 30.3 Å². The van der Waals surface area contributed by atoms with E-state index in [-0.39, 0.29) is 33.0 Å². The van der Waals surface area contributed by atoms with Gasteiger partial charge in [-0.3, -0.25) is 13.6 Å². The summed E-state index contributed by atoms with van der Waals surface area (Å²) in [4.78, 5) is 0. The van der Waals surface area contributed by atoms with Crippen molar-refractivity contribution < 1.29 is 37.1 Å². The van der Waals surface area contributed by atoms with Crippen molar-refractivity contribution >= 4 is 19.4 Å². The summed E-state index contributed by atoms with van der Waals surface area (Å²) in [5, 5.41) is 0. The van der Waals surface area contributed by atoms with Gasteiger partial charge in [0.2, 0.25) is 0 Å². The Morgan fingerprint density at radius 3 is 1.24 bits per heavy atom. The summed E-state index contributed by atoms with van der Waals surface area (Å²) < 4.78 is 55.0. The van der Waals surface area contributed by atoms with Crippen molar-refractivity contribution in [3.63, 3.8) is 0 Å². The predicted molar refractivity (Wildman–Crippen MR) is 244 cm³/mol. The molecule has 1 unspecified atom stereocenters. The number of rotatable bonds is 48. The third-order valence-corrected chi connectivity index (χ3v) is 12.1. The minimum Gasteiger partial charge on any atom is -0.379 e. The number of hydrogen-bond acceptors (Lipinski definition) is 8. The third kappa shape index (κ3) is 38.4. The van der Waals surface area contributed by atoms with Crippen LogP contribution in [0.5, 0.6) is 0 Å². The third-order valence-electron chi connectivity index (χ3n) is 10.5. The molecule has 10 heteroatoms. The fraction of sp³-hybridized carbons (Fsp3) is 0.875. The molecule has 58 heavy (non-hydrogen) atoms. The van der Waals surface area contributed by atoms with Crippen molar-refractivity contribution in [3.05, 3.63) is 35.9 Å². The van der Waals surface area contributed by atoms with Crippen molar-refractivity contribution in [2.75, 3.05) is 65.3 Å². The summed E-state index contributed by atoms with van der Waals surface area (Å²) in [6.45, 7) is 8.00. The second-order valence-corrected chi connectivity index (χ2v) is 18.0. The molecule has 342 valence electrons. The molecule has 0 saturated carbocycles. The van der Waals surface area contributed by atoms with Gasteiger partial charge in [0.05, 0.1) is 52.9 Å². The molecule has 0 saturated heterocycles. The van der Waals surface area contributed by atoms with Gasteiger partial charge in [-0.15, -0.1) is 11.6 Å². The van der Waals surface area contributed by atoms with Crippen molar-refractivity contribution in [2.24, 2.45) is 0 Å². The number of alkyl halides is 1. The lowest BCUT2D eigenvalue weighted by molar-refractivity contribution is -0.0328. The Labute approximate surface area is 362 Å². The number of unbranched alkanes of at least 4 members (excludes halogenated alkanes) is 26.